The average molecular weight is 611 g/mol. The molecule has 10 heteroatoms. The van der Waals surface area contributed by atoms with Crippen molar-refractivity contribution in [3.8, 4) is 5.69 Å². The van der Waals surface area contributed by atoms with Crippen LogP contribution in [0.25, 0.3) is 5.69 Å². The standard InChI is InChI=1S/C24H24ClIN4O3S/c1-16-14-18(17(2)30(16)21-9-7-20(26)8-10-21)15-27-28-24(31)23-4-3-13-29(23)34(32,33)22-11-5-19(25)6-12-22/h5-12,14-15,23H,3-4,13H2,1-2H3,(H,28,31)/b27-15-/t23-/m1/s1. The Morgan fingerprint density at radius 2 is 1.82 bits per heavy atom. The fraction of sp³-hybridized carbons (Fsp3) is 0.250. The van der Waals surface area contributed by atoms with E-state index in [1.807, 2.05) is 32.0 Å². The first kappa shape index (κ1) is 24.9. The number of carbonyl (C=O) groups excluding carboxylic acids is 1. The molecule has 1 atom stereocenters. The predicted octanol–water partition coefficient (Wildman–Crippen LogP) is 4.66. The molecule has 1 fully saturated rings. The highest BCUT2D eigenvalue weighted by molar-refractivity contribution is 14.1. The number of rotatable bonds is 6. The number of hydrogen-bond donors (Lipinski definition) is 1. The summed E-state index contributed by atoms with van der Waals surface area (Å²) >= 11 is 8.15. The van der Waals surface area contributed by atoms with Crippen molar-refractivity contribution < 1.29 is 13.2 Å². The summed E-state index contributed by atoms with van der Waals surface area (Å²) in [4.78, 5) is 12.9. The zero-order valence-corrected chi connectivity index (χ0v) is 22.4. The minimum absolute atomic E-state index is 0.114. The molecule has 7 nitrogen and oxygen atoms in total. The van der Waals surface area contributed by atoms with Gasteiger partial charge in [0.15, 0.2) is 0 Å². The van der Waals surface area contributed by atoms with Gasteiger partial charge in [0, 0.05) is 37.8 Å². The molecule has 178 valence electrons. The van der Waals surface area contributed by atoms with Crippen molar-refractivity contribution in [1.82, 2.24) is 14.3 Å². The lowest BCUT2D eigenvalue weighted by atomic mass is 10.2. The van der Waals surface area contributed by atoms with Gasteiger partial charge in [0.1, 0.15) is 6.04 Å². The Bertz CT molecular complexity index is 1340. The summed E-state index contributed by atoms with van der Waals surface area (Å²) in [6.07, 6.45) is 2.64. The van der Waals surface area contributed by atoms with E-state index in [1.165, 1.54) is 28.6 Å². The van der Waals surface area contributed by atoms with Crippen molar-refractivity contribution >= 4 is 56.3 Å². The molecule has 1 aliphatic rings. The number of hydrogen-bond acceptors (Lipinski definition) is 4. The van der Waals surface area contributed by atoms with E-state index in [2.05, 4.69) is 49.8 Å². The maximum Gasteiger partial charge on any atom is 0.258 e. The van der Waals surface area contributed by atoms with Crippen LogP contribution in [-0.2, 0) is 14.8 Å². The van der Waals surface area contributed by atoms with E-state index in [0.717, 1.165) is 26.2 Å². The van der Waals surface area contributed by atoms with Gasteiger partial charge in [0.2, 0.25) is 10.0 Å². The molecule has 0 radical (unpaired) electrons. The van der Waals surface area contributed by atoms with Crippen LogP contribution in [0.4, 0.5) is 0 Å². The van der Waals surface area contributed by atoms with Crippen LogP contribution in [0.2, 0.25) is 5.02 Å². The van der Waals surface area contributed by atoms with Gasteiger partial charge in [-0.3, -0.25) is 4.79 Å². The molecule has 0 bridgehead atoms. The number of carbonyl (C=O) groups is 1. The second-order valence-electron chi connectivity index (χ2n) is 8.10. The van der Waals surface area contributed by atoms with Crippen molar-refractivity contribution in [1.29, 1.82) is 0 Å². The van der Waals surface area contributed by atoms with Crippen LogP contribution in [0.5, 0.6) is 0 Å². The zero-order chi connectivity index (χ0) is 24.5. The highest BCUT2D eigenvalue weighted by atomic mass is 127. The molecule has 1 aromatic heterocycles. The third-order valence-corrected chi connectivity index (χ3v) is 8.75. The highest BCUT2D eigenvalue weighted by Crippen LogP contribution is 2.27. The number of benzene rings is 2. The lowest BCUT2D eigenvalue weighted by Gasteiger charge is -2.22. The quantitative estimate of drug-likeness (QED) is 0.251. The fourth-order valence-electron chi connectivity index (χ4n) is 4.18. The maximum atomic E-state index is 13.1. The van der Waals surface area contributed by atoms with E-state index in [1.54, 1.807) is 6.21 Å². The number of nitrogens with one attached hydrogen (secondary N) is 1. The SMILES string of the molecule is Cc1cc(/C=N\NC(=O)[C@H]2CCCN2S(=O)(=O)c2ccc(Cl)cc2)c(C)n1-c1ccc(I)cc1. The predicted molar refractivity (Wildman–Crippen MR) is 142 cm³/mol. The number of amides is 1. The van der Waals surface area contributed by atoms with Crippen LogP contribution in [0, 0.1) is 17.4 Å². The van der Waals surface area contributed by atoms with Crippen LogP contribution in [0.3, 0.4) is 0 Å². The third kappa shape index (κ3) is 5.07. The third-order valence-electron chi connectivity index (χ3n) is 5.86. The summed E-state index contributed by atoms with van der Waals surface area (Å²) in [5, 5.41) is 4.58. The van der Waals surface area contributed by atoms with Crippen LogP contribution in [0.1, 0.15) is 29.8 Å². The Hall–Kier alpha value is -2.21. The first-order valence-electron chi connectivity index (χ1n) is 10.7. The van der Waals surface area contributed by atoms with Crippen molar-refractivity contribution in [2.75, 3.05) is 6.54 Å². The molecular weight excluding hydrogens is 587 g/mol. The fourth-order valence-corrected chi connectivity index (χ4v) is 6.32. The molecule has 0 unspecified atom stereocenters. The van der Waals surface area contributed by atoms with Crippen LogP contribution < -0.4 is 5.43 Å². The second kappa shape index (κ2) is 10.2. The molecule has 2 heterocycles. The first-order valence-corrected chi connectivity index (χ1v) is 13.6. The first-order chi connectivity index (χ1) is 16.2. The summed E-state index contributed by atoms with van der Waals surface area (Å²) in [6, 6.07) is 15.3. The highest BCUT2D eigenvalue weighted by Gasteiger charge is 2.39. The zero-order valence-electron chi connectivity index (χ0n) is 18.7. The van der Waals surface area contributed by atoms with Crippen molar-refractivity contribution in [2.24, 2.45) is 5.10 Å². The summed E-state index contributed by atoms with van der Waals surface area (Å²) in [5.41, 5.74) is 6.48. The number of sulfonamides is 1. The van der Waals surface area contributed by atoms with Gasteiger partial charge >= 0.3 is 0 Å². The summed E-state index contributed by atoms with van der Waals surface area (Å²) < 4.78 is 30.6. The van der Waals surface area contributed by atoms with Crippen molar-refractivity contribution in [3.05, 3.63) is 80.1 Å². The Labute approximate surface area is 218 Å². The molecule has 34 heavy (non-hydrogen) atoms. The van der Waals surface area contributed by atoms with Crippen molar-refractivity contribution in [2.45, 2.75) is 37.6 Å². The molecule has 1 saturated heterocycles. The number of aromatic nitrogens is 1. The van der Waals surface area contributed by atoms with Gasteiger partial charge in [-0.05, 0) is 104 Å². The number of halogens is 2. The smallest absolute Gasteiger partial charge is 0.258 e. The van der Waals surface area contributed by atoms with E-state index >= 15 is 0 Å². The second-order valence-corrected chi connectivity index (χ2v) is 11.7. The molecule has 1 aliphatic heterocycles. The number of aryl methyl sites for hydroxylation is 1. The van der Waals surface area contributed by atoms with E-state index < -0.39 is 22.0 Å². The molecule has 4 rings (SSSR count). The maximum absolute atomic E-state index is 13.1. The minimum Gasteiger partial charge on any atom is -0.318 e. The minimum atomic E-state index is -3.81. The number of nitrogens with zero attached hydrogens (tertiary/aromatic N) is 3. The normalized spacial score (nSPS) is 16.9. The van der Waals surface area contributed by atoms with E-state index in [-0.39, 0.29) is 11.4 Å². The van der Waals surface area contributed by atoms with Crippen LogP contribution in [0.15, 0.2) is 64.6 Å². The Morgan fingerprint density at radius 1 is 1.15 bits per heavy atom. The average Bonchev–Trinajstić information content (AvgIpc) is 3.40. The lowest BCUT2D eigenvalue weighted by molar-refractivity contribution is -0.124. The summed E-state index contributed by atoms with van der Waals surface area (Å²) in [6.45, 7) is 4.29. The molecule has 1 N–H and O–H groups in total. The Balaban J connectivity index is 1.48. The molecule has 2 aromatic carbocycles. The molecular formula is C24H24ClIN4O3S. The van der Waals surface area contributed by atoms with Gasteiger partial charge in [0.25, 0.3) is 5.91 Å². The molecule has 0 saturated carbocycles. The van der Waals surface area contributed by atoms with E-state index in [9.17, 15) is 13.2 Å². The van der Waals surface area contributed by atoms with E-state index in [4.69, 9.17) is 11.6 Å². The van der Waals surface area contributed by atoms with Crippen LogP contribution in [-0.4, -0.2) is 42.0 Å². The Morgan fingerprint density at radius 3 is 2.50 bits per heavy atom. The largest absolute Gasteiger partial charge is 0.318 e. The number of hydrazone groups is 1. The molecule has 0 spiro atoms. The van der Waals surface area contributed by atoms with Gasteiger partial charge in [-0.15, -0.1) is 0 Å². The van der Waals surface area contributed by atoms with Gasteiger partial charge in [0.05, 0.1) is 11.1 Å². The van der Waals surface area contributed by atoms with Gasteiger partial charge < -0.3 is 4.57 Å². The van der Waals surface area contributed by atoms with Gasteiger partial charge in [-0.25, -0.2) is 13.8 Å². The lowest BCUT2D eigenvalue weighted by Crippen LogP contribution is -2.44. The summed E-state index contributed by atoms with van der Waals surface area (Å²) in [5.74, 6) is -0.447. The van der Waals surface area contributed by atoms with Crippen LogP contribution >= 0.6 is 34.2 Å². The molecule has 1 amide bonds. The topological polar surface area (TPSA) is 83.8 Å². The van der Waals surface area contributed by atoms with Crippen molar-refractivity contribution in [3.63, 3.8) is 0 Å². The Kier molecular flexibility index (Phi) is 7.46. The molecule has 3 aromatic rings. The molecule has 0 aliphatic carbocycles. The van der Waals surface area contributed by atoms with Gasteiger partial charge in [-0.1, -0.05) is 11.6 Å². The van der Waals surface area contributed by atoms with E-state index in [0.29, 0.717) is 17.9 Å². The van der Waals surface area contributed by atoms with Gasteiger partial charge in [-0.2, -0.15) is 9.41 Å². The monoisotopic (exact) mass is 610 g/mol. The summed E-state index contributed by atoms with van der Waals surface area (Å²) in [7, 11) is -3.81.